The van der Waals surface area contributed by atoms with Crippen LogP contribution in [-0.2, 0) is 17.6 Å². The highest BCUT2D eigenvalue weighted by Gasteiger charge is 2.12. The fraction of sp³-hybridized carbons (Fsp3) is 0.261. The Morgan fingerprint density at radius 2 is 2.00 bits per heavy atom. The van der Waals surface area contributed by atoms with E-state index in [0.29, 0.717) is 24.2 Å². The highest BCUT2D eigenvalue weighted by atomic mass is 16.5. The molecule has 1 aliphatic heterocycles. The van der Waals surface area contributed by atoms with Gasteiger partial charge in [0.1, 0.15) is 12.4 Å². The molecule has 0 radical (unpaired) electrons. The third kappa shape index (κ3) is 4.63. The molecule has 3 nitrogen and oxygen atoms in total. The Morgan fingerprint density at radius 3 is 2.69 bits per heavy atom. The highest BCUT2D eigenvalue weighted by molar-refractivity contribution is 5.92. The van der Waals surface area contributed by atoms with Crippen molar-refractivity contribution in [3.63, 3.8) is 0 Å². The van der Waals surface area contributed by atoms with Gasteiger partial charge in [0.25, 0.3) is 0 Å². The van der Waals surface area contributed by atoms with Gasteiger partial charge in [-0.2, -0.15) is 0 Å². The molecule has 0 aliphatic carbocycles. The zero-order valence-electron chi connectivity index (χ0n) is 15.2. The zero-order valence-corrected chi connectivity index (χ0v) is 15.2. The first kappa shape index (κ1) is 18.0. The van der Waals surface area contributed by atoms with Gasteiger partial charge in [0.2, 0.25) is 5.90 Å². The molecule has 1 N–H and O–H groups in total. The summed E-state index contributed by atoms with van der Waals surface area (Å²) in [6.07, 6.45) is 7.55. The van der Waals surface area contributed by atoms with E-state index in [4.69, 9.17) is 4.74 Å². The van der Waals surface area contributed by atoms with Crippen LogP contribution in [0.1, 0.15) is 35.1 Å². The highest BCUT2D eigenvalue weighted by Crippen LogP contribution is 2.27. The lowest BCUT2D eigenvalue weighted by Crippen LogP contribution is -2.02. The molecule has 0 fully saturated rings. The summed E-state index contributed by atoms with van der Waals surface area (Å²) in [7, 11) is 0. The second-order valence-corrected chi connectivity index (χ2v) is 6.62. The predicted octanol–water partition coefficient (Wildman–Crippen LogP) is 4.91. The third-order valence-corrected chi connectivity index (χ3v) is 4.57. The summed E-state index contributed by atoms with van der Waals surface area (Å²) in [5.74, 6) is 1.39. The second kappa shape index (κ2) is 8.52. The largest absolute Gasteiger partial charge is 0.508 e. The Bertz CT molecular complexity index is 819. The zero-order chi connectivity index (χ0) is 18.4. The number of aliphatic imine (C=N–C) groups is 1. The lowest BCUT2D eigenvalue weighted by Gasteiger charge is -2.16. The van der Waals surface area contributed by atoms with Gasteiger partial charge >= 0.3 is 0 Å². The topological polar surface area (TPSA) is 41.8 Å². The van der Waals surface area contributed by atoms with E-state index in [0.717, 1.165) is 30.5 Å². The molecule has 0 saturated carbocycles. The van der Waals surface area contributed by atoms with Gasteiger partial charge in [0, 0.05) is 6.08 Å². The molecule has 1 heterocycles. The summed E-state index contributed by atoms with van der Waals surface area (Å²) in [5, 5.41) is 9.74. The molecule has 26 heavy (non-hydrogen) atoms. The van der Waals surface area contributed by atoms with Crippen LogP contribution >= 0.6 is 0 Å². The fourth-order valence-electron chi connectivity index (χ4n) is 3.25. The number of phenols is 1. The molecular formula is C23H25NO2. The van der Waals surface area contributed by atoms with Gasteiger partial charge in [0.05, 0.1) is 6.54 Å². The maximum Gasteiger partial charge on any atom is 0.208 e. The van der Waals surface area contributed by atoms with Crippen LogP contribution in [-0.4, -0.2) is 24.2 Å². The first-order valence-corrected chi connectivity index (χ1v) is 9.02. The first-order valence-electron chi connectivity index (χ1n) is 9.02. The van der Waals surface area contributed by atoms with Crippen molar-refractivity contribution in [2.24, 2.45) is 4.99 Å². The SMILES string of the molecule is C=CCc1cc(O)ccc1C(C)Cc1ccc(/C=C/C2=NCCO2)cc1. The number of nitrogens with zero attached hydrogens (tertiary/aromatic N) is 1. The molecule has 0 amide bonds. The smallest absolute Gasteiger partial charge is 0.208 e. The maximum absolute atomic E-state index is 9.74. The Hall–Kier alpha value is -2.81. The summed E-state index contributed by atoms with van der Waals surface area (Å²) < 4.78 is 5.38. The number of hydrogen-bond acceptors (Lipinski definition) is 3. The van der Waals surface area contributed by atoms with Crippen LogP contribution in [0.4, 0.5) is 0 Å². The lowest BCUT2D eigenvalue weighted by molar-refractivity contribution is 0.350. The van der Waals surface area contributed by atoms with Crippen molar-refractivity contribution in [3.05, 3.63) is 83.4 Å². The molecule has 2 aromatic rings. The van der Waals surface area contributed by atoms with Crippen molar-refractivity contribution in [1.29, 1.82) is 0 Å². The van der Waals surface area contributed by atoms with Gasteiger partial charge < -0.3 is 9.84 Å². The van der Waals surface area contributed by atoms with Crippen molar-refractivity contribution in [2.75, 3.05) is 13.2 Å². The average Bonchev–Trinajstić information content (AvgIpc) is 3.15. The van der Waals surface area contributed by atoms with Crippen LogP contribution in [0.5, 0.6) is 5.75 Å². The molecule has 0 bridgehead atoms. The van der Waals surface area contributed by atoms with Crippen LogP contribution in [0, 0.1) is 0 Å². The van der Waals surface area contributed by atoms with Gasteiger partial charge in [-0.3, -0.25) is 0 Å². The number of ether oxygens (including phenoxy) is 1. The van der Waals surface area contributed by atoms with Crippen LogP contribution < -0.4 is 0 Å². The van der Waals surface area contributed by atoms with Crippen LogP contribution in [0.2, 0.25) is 0 Å². The van der Waals surface area contributed by atoms with Crippen molar-refractivity contribution < 1.29 is 9.84 Å². The van der Waals surface area contributed by atoms with Gasteiger partial charge in [-0.1, -0.05) is 43.3 Å². The summed E-state index contributed by atoms with van der Waals surface area (Å²) >= 11 is 0. The molecule has 2 aromatic carbocycles. The predicted molar refractivity (Wildman–Crippen MR) is 108 cm³/mol. The molecule has 134 valence electrons. The number of benzene rings is 2. The molecule has 1 unspecified atom stereocenters. The summed E-state index contributed by atoms with van der Waals surface area (Å²) in [4.78, 5) is 4.25. The number of rotatable bonds is 7. The van der Waals surface area contributed by atoms with E-state index >= 15 is 0 Å². The summed E-state index contributed by atoms with van der Waals surface area (Å²) in [5.41, 5.74) is 4.84. The van der Waals surface area contributed by atoms with Crippen molar-refractivity contribution in [1.82, 2.24) is 0 Å². The van der Waals surface area contributed by atoms with Gasteiger partial charge in [-0.15, -0.1) is 6.58 Å². The van der Waals surface area contributed by atoms with Crippen molar-refractivity contribution >= 4 is 12.0 Å². The molecular weight excluding hydrogens is 322 g/mol. The standard InChI is InChI=1S/C23H25NO2/c1-3-4-20-16-21(25)10-11-22(20)17(2)15-19-7-5-18(6-8-19)9-12-23-24-13-14-26-23/h3,5-12,16-17,25H,1,4,13-15H2,2H3/b12-9+. The molecule has 0 saturated heterocycles. The summed E-state index contributed by atoms with van der Waals surface area (Å²) in [6.45, 7) is 7.48. The van der Waals surface area contributed by atoms with Crippen LogP contribution in [0.25, 0.3) is 6.08 Å². The molecule has 1 atom stereocenters. The molecule has 0 spiro atoms. The van der Waals surface area contributed by atoms with Gasteiger partial charge in [-0.05, 0) is 59.2 Å². The lowest BCUT2D eigenvalue weighted by atomic mass is 9.89. The Kier molecular flexibility index (Phi) is 5.90. The van der Waals surface area contributed by atoms with Gasteiger partial charge in [-0.25, -0.2) is 4.99 Å². The number of phenolic OH excluding ortho intramolecular Hbond substituents is 1. The van der Waals surface area contributed by atoms with E-state index in [2.05, 4.69) is 42.8 Å². The second-order valence-electron chi connectivity index (χ2n) is 6.62. The number of aromatic hydroxyl groups is 1. The van der Waals surface area contributed by atoms with Crippen molar-refractivity contribution in [3.8, 4) is 5.75 Å². The number of hydrogen-bond donors (Lipinski definition) is 1. The Morgan fingerprint density at radius 1 is 1.19 bits per heavy atom. The van der Waals surface area contributed by atoms with Gasteiger partial charge in [0.15, 0.2) is 0 Å². The minimum absolute atomic E-state index is 0.310. The molecule has 1 aliphatic rings. The molecule has 3 heteroatoms. The van der Waals surface area contributed by atoms with E-state index in [1.807, 2.05) is 30.4 Å². The minimum Gasteiger partial charge on any atom is -0.508 e. The normalized spacial score (nSPS) is 14.9. The third-order valence-electron chi connectivity index (χ3n) is 4.57. The van der Waals surface area contributed by atoms with E-state index in [1.54, 1.807) is 6.07 Å². The van der Waals surface area contributed by atoms with E-state index in [9.17, 15) is 5.11 Å². The van der Waals surface area contributed by atoms with Crippen molar-refractivity contribution in [2.45, 2.75) is 25.7 Å². The maximum atomic E-state index is 9.74. The van der Waals surface area contributed by atoms with Crippen LogP contribution in [0.3, 0.4) is 0 Å². The van der Waals surface area contributed by atoms with Crippen LogP contribution in [0.15, 0.2) is 66.2 Å². The summed E-state index contributed by atoms with van der Waals surface area (Å²) in [6, 6.07) is 14.2. The van der Waals surface area contributed by atoms with E-state index < -0.39 is 0 Å². The molecule has 0 aromatic heterocycles. The molecule has 3 rings (SSSR count). The minimum atomic E-state index is 0.310. The monoisotopic (exact) mass is 347 g/mol. The number of allylic oxidation sites excluding steroid dienone is 1. The Balaban J connectivity index is 1.68. The quantitative estimate of drug-likeness (QED) is 0.723. The fourth-order valence-corrected chi connectivity index (χ4v) is 3.25. The van der Waals surface area contributed by atoms with E-state index in [1.165, 1.54) is 11.1 Å². The Labute approximate surface area is 155 Å². The first-order chi connectivity index (χ1) is 12.7. The average molecular weight is 347 g/mol. The van der Waals surface area contributed by atoms with E-state index in [-0.39, 0.29) is 0 Å².